The van der Waals surface area contributed by atoms with Crippen LogP contribution in [0, 0.1) is 5.82 Å². The molecule has 3 nitrogen and oxygen atoms in total. The lowest BCUT2D eigenvalue weighted by molar-refractivity contribution is 0.356. The van der Waals surface area contributed by atoms with Crippen LogP contribution in [-0.2, 0) is 24.3 Å². The van der Waals surface area contributed by atoms with E-state index in [9.17, 15) is 8.94 Å². The van der Waals surface area contributed by atoms with Crippen LogP contribution in [-0.4, -0.2) is 15.9 Å². The minimum atomic E-state index is -1.20. The molecule has 1 atom stereocenters. The second kappa shape index (κ2) is 5.07. The van der Waals surface area contributed by atoms with Gasteiger partial charge in [0.25, 0.3) is 0 Å². The lowest BCUT2D eigenvalue weighted by Crippen LogP contribution is -2.39. The quantitative estimate of drug-likeness (QED) is 0.858. The molecule has 5 heteroatoms. The molecule has 1 aliphatic rings. The SMILES string of the molecule is CC(C)(C)[S+]([O-])NCc1cc2c(cc1F)CCO2. The highest BCUT2D eigenvalue weighted by Gasteiger charge is 2.26. The van der Waals surface area contributed by atoms with Gasteiger partial charge in [0.1, 0.15) is 16.3 Å². The van der Waals surface area contributed by atoms with Crippen LogP contribution in [0.15, 0.2) is 12.1 Å². The molecule has 0 aromatic heterocycles. The van der Waals surface area contributed by atoms with Crippen molar-refractivity contribution < 1.29 is 13.7 Å². The standard InChI is InChI=1S/C13H18FNO2S/c1-13(2,3)18(16)15-8-10-7-12-9(4-5-17-12)6-11(10)14/h6-7,15H,4-5,8H2,1-3H3. The second-order valence-electron chi connectivity index (χ2n) is 5.35. The van der Waals surface area contributed by atoms with Gasteiger partial charge in [0, 0.05) is 28.9 Å². The topological polar surface area (TPSA) is 44.3 Å². The molecule has 1 aromatic carbocycles. The number of benzene rings is 1. The number of halogens is 1. The largest absolute Gasteiger partial charge is 0.598 e. The first-order chi connectivity index (χ1) is 8.38. The third kappa shape index (κ3) is 2.96. The zero-order chi connectivity index (χ0) is 13.3. The van der Waals surface area contributed by atoms with Crippen molar-refractivity contribution in [3.8, 4) is 5.75 Å². The van der Waals surface area contributed by atoms with Crippen LogP contribution in [0.2, 0.25) is 0 Å². The highest BCUT2D eigenvalue weighted by atomic mass is 32.2. The normalized spacial score (nSPS) is 16.3. The summed E-state index contributed by atoms with van der Waals surface area (Å²) < 4.78 is 33.5. The smallest absolute Gasteiger partial charge is 0.136 e. The van der Waals surface area contributed by atoms with Crippen LogP contribution >= 0.6 is 0 Å². The van der Waals surface area contributed by atoms with Crippen molar-refractivity contribution in [2.45, 2.75) is 38.5 Å². The molecule has 0 aliphatic carbocycles. The predicted molar refractivity (Wildman–Crippen MR) is 70.3 cm³/mol. The molecule has 2 rings (SSSR count). The van der Waals surface area contributed by atoms with Crippen molar-refractivity contribution in [1.29, 1.82) is 0 Å². The van der Waals surface area contributed by atoms with Crippen LogP contribution in [0.5, 0.6) is 5.75 Å². The maximum absolute atomic E-state index is 13.8. The zero-order valence-electron chi connectivity index (χ0n) is 10.9. The number of nitrogens with one attached hydrogen (secondary N) is 1. The first-order valence-electron chi connectivity index (χ1n) is 5.97. The molecular weight excluding hydrogens is 253 g/mol. The molecule has 1 aromatic rings. The molecule has 0 amide bonds. The Morgan fingerprint density at radius 3 is 2.83 bits per heavy atom. The van der Waals surface area contributed by atoms with E-state index in [-0.39, 0.29) is 17.1 Å². The fourth-order valence-corrected chi connectivity index (χ4v) is 2.45. The summed E-state index contributed by atoms with van der Waals surface area (Å²) in [4.78, 5) is 0. The molecule has 0 spiro atoms. The summed E-state index contributed by atoms with van der Waals surface area (Å²) in [6.45, 7) is 6.47. The van der Waals surface area contributed by atoms with Gasteiger partial charge in [0.05, 0.1) is 13.2 Å². The summed E-state index contributed by atoms with van der Waals surface area (Å²) >= 11 is -1.20. The first kappa shape index (κ1) is 13.6. The van der Waals surface area contributed by atoms with Gasteiger partial charge in [-0.3, -0.25) is 0 Å². The third-order valence-electron chi connectivity index (χ3n) is 2.81. The minimum absolute atomic E-state index is 0.242. The van der Waals surface area contributed by atoms with Gasteiger partial charge in [-0.25, -0.2) is 4.39 Å². The maximum Gasteiger partial charge on any atom is 0.136 e. The van der Waals surface area contributed by atoms with Crippen molar-refractivity contribution in [3.63, 3.8) is 0 Å². The van der Waals surface area contributed by atoms with Crippen LogP contribution < -0.4 is 9.46 Å². The highest BCUT2D eigenvalue weighted by Crippen LogP contribution is 2.28. The summed E-state index contributed by atoms with van der Waals surface area (Å²) in [5.74, 6) is 0.479. The Kier molecular flexibility index (Phi) is 3.84. The molecule has 0 saturated heterocycles. The molecule has 0 fully saturated rings. The molecule has 0 saturated carbocycles. The summed E-state index contributed by atoms with van der Waals surface area (Å²) in [6.07, 6.45) is 0.758. The lowest BCUT2D eigenvalue weighted by atomic mass is 10.1. The Balaban J connectivity index is 2.06. The number of hydrogen-bond donors (Lipinski definition) is 1. The number of rotatable bonds is 3. The molecule has 100 valence electrons. The van der Waals surface area contributed by atoms with Gasteiger partial charge < -0.3 is 9.29 Å². The van der Waals surface area contributed by atoms with E-state index in [0.717, 1.165) is 17.7 Å². The summed E-state index contributed by atoms with van der Waals surface area (Å²) in [7, 11) is 0. The summed E-state index contributed by atoms with van der Waals surface area (Å²) in [5.41, 5.74) is 1.40. The molecule has 1 unspecified atom stereocenters. The van der Waals surface area contributed by atoms with E-state index in [1.165, 1.54) is 6.07 Å². The van der Waals surface area contributed by atoms with E-state index in [1.54, 1.807) is 6.07 Å². The average Bonchev–Trinajstić information content (AvgIpc) is 2.70. The van der Waals surface area contributed by atoms with Crippen LogP contribution in [0.25, 0.3) is 0 Å². The minimum Gasteiger partial charge on any atom is -0.598 e. The average molecular weight is 271 g/mol. The zero-order valence-corrected chi connectivity index (χ0v) is 11.7. The summed E-state index contributed by atoms with van der Waals surface area (Å²) in [6, 6.07) is 3.21. The number of hydrogen-bond acceptors (Lipinski definition) is 3. The van der Waals surface area contributed by atoms with Gasteiger partial charge in [-0.2, -0.15) is 0 Å². The number of ether oxygens (including phenoxy) is 1. The van der Waals surface area contributed by atoms with Crippen molar-refractivity contribution in [1.82, 2.24) is 4.72 Å². The molecule has 18 heavy (non-hydrogen) atoms. The highest BCUT2D eigenvalue weighted by molar-refractivity contribution is 7.90. The first-order valence-corrected chi connectivity index (χ1v) is 7.12. The molecule has 0 bridgehead atoms. The predicted octanol–water partition coefficient (Wildman–Crippen LogP) is 2.31. The fourth-order valence-electron chi connectivity index (χ4n) is 1.73. The van der Waals surface area contributed by atoms with Crippen molar-refractivity contribution in [2.75, 3.05) is 6.61 Å². The van der Waals surface area contributed by atoms with Crippen LogP contribution in [0.1, 0.15) is 31.9 Å². The van der Waals surface area contributed by atoms with E-state index in [4.69, 9.17) is 4.74 Å². The van der Waals surface area contributed by atoms with E-state index in [1.807, 2.05) is 20.8 Å². The van der Waals surface area contributed by atoms with E-state index >= 15 is 0 Å². The van der Waals surface area contributed by atoms with Gasteiger partial charge in [0.2, 0.25) is 0 Å². The van der Waals surface area contributed by atoms with E-state index in [0.29, 0.717) is 12.2 Å². The fraction of sp³-hybridized carbons (Fsp3) is 0.538. The molecule has 1 heterocycles. The molecule has 1 N–H and O–H groups in total. The van der Waals surface area contributed by atoms with Crippen molar-refractivity contribution in [3.05, 3.63) is 29.1 Å². The van der Waals surface area contributed by atoms with Gasteiger partial charge in [-0.15, -0.1) is 4.72 Å². The Morgan fingerprint density at radius 1 is 1.44 bits per heavy atom. The monoisotopic (exact) mass is 271 g/mol. The lowest BCUT2D eigenvalue weighted by Gasteiger charge is -2.23. The Hall–Kier alpha value is -0.780. The van der Waals surface area contributed by atoms with Gasteiger partial charge in [0.15, 0.2) is 0 Å². The molecular formula is C13H18FNO2S. The van der Waals surface area contributed by atoms with E-state index in [2.05, 4.69) is 4.72 Å². The van der Waals surface area contributed by atoms with Gasteiger partial charge in [-0.05, 0) is 32.9 Å². The summed E-state index contributed by atoms with van der Waals surface area (Å²) in [5, 5.41) is 0. The Labute approximate surface area is 110 Å². The van der Waals surface area contributed by atoms with Crippen LogP contribution in [0.4, 0.5) is 4.39 Å². The van der Waals surface area contributed by atoms with Crippen molar-refractivity contribution in [2.24, 2.45) is 0 Å². The van der Waals surface area contributed by atoms with Gasteiger partial charge >= 0.3 is 0 Å². The number of fused-ring (bicyclic) bond motifs is 1. The molecule has 0 radical (unpaired) electrons. The van der Waals surface area contributed by atoms with E-state index < -0.39 is 11.4 Å². The third-order valence-corrected chi connectivity index (χ3v) is 4.33. The Morgan fingerprint density at radius 2 is 2.17 bits per heavy atom. The van der Waals surface area contributed by atoms with Crippen LogP contribution in [0.3, 0.4) is 0 Å². The Bertz CT molecular complexity index is 445. The van der Waals surface area contributed by atoms with Crippen molar-refractivity contribution >= 4 is 11.4 Å². The maximum atomic E-state index is 13.8. The van der Waals surface area contributed by atoms with Gasteiger partial charge in [-0.1, -0.05) is 0 Å². The molecule has 1 aliphatic heterocycles. The second-order valence-corrected chi connectivity index (χ2v) is 7.40.